The van der Waals surface area contributed by atoms with Gasteiger partial charge in [0.25, 0.3) is 0 Å². The Hall–Kier alpha value is -2.34. The predicted octanol–water partition coefficient (Wildman–Crippen LogP) is 3.81. The van der Waals surface area contributed by atoms with Gasteiger partial charge in [-0.05, 0) is 46.3 Å². The molecule has 0 saturated heterocycles. The van der Waals surface area contributed by atoms with Crippen molar-refractivity contribution in [3.8, 4) is 11.5 Å². The Kier molecular flexibility index (Phi) is 5.16. The van der Waals surface area contributed by atoms with Gasteiger partial charge >= 0.3 is 11.9 Å². The molecule has 0 unspecified atom stereocenters. The molecule has 0 amide bonds. The van der Waals surface area contributed by atoms with Crippen LogP contribution in [0.4, 0.5) is 0 Å². The fraction of sp³-hybridized carbons (Fsp3) is 0.125. The van der Waals surface area contributed by atoms with E-state index >= 15 is 0 Å². The van der Waals surface area contributed by atoms with E-state index in [4.69, 9.17) is 9.47 Å². The van der Waals surface area contributed by atoms with E-state index in [2.05, 4.69) is 20.7 Å². The van der Waals surface area contributed by atoms with Gasteiger partial charge in [-0.25, -0.2) is 9.59 Å². The Morgan fingerprint density at radius 2 is 1.59 bits per heavy atom. The first-order chi connectivity index (χ1) is 10.6. The molecule has 0 bridgehead atoms. The van der Waals surface area contributed by atoms with E-state index in [1.807, 2.05) is 0 Å². The number of rotatable bonds is 4. The SMILES string of the molecule is COC(=O)c1ccc(Oc2ccccc2C(=O)OC)c(Br)c1. The molecule has 0 aliphatic rings. The van der Waals surface area contributed by atoms with Gasteiger partial charge in [0.2, 0.25) is 0 Å². The largest absolute Gasteiger partial charge is 0.465 e. The Morgan fingerprint density at radius 1 is 0.909 bits per heavy atom. The van der Waals surface area contributed by atoms with Gasteiger partial charge in [-0.1, -0.05) is 12.1 Å². The molecule has 2 rings (SSSR count). The quantitative estimate of drug-likeness (QED) is 0.771. The summed E-state index contributed by atoms with van der Waals surface area (Å²) in [5.74, 6) is -0.106. The number of ether oxygens (including phenoxy) is 3. The maximum absolute atomic E-state index is 11.7. The number of carbonyl (C=O) groups excluding carboxylic acids is 2. The zero-order valence-electron chi connectivity index (χ0n) is 12.0. The van der Waals surface area contributed by atoms with Crippen LogP contribution in [0.3, 0.4) is 0 Å². The lowest BCUT2D eigenvalue weighted by atomic mass is 10.2. The van der Waals surface area contributed by atoms with Crippen LogP contribution in [0.2, 0.25) is 0 Å². The number of para-hydroxylation sites is 1. The van der Waals surface area contributed by atoms with Crippen molar-refractivity contribution >= 4 is 27.9 Å². The molecule has 0 heterocycles. The van der Waals surface area contributed by atoms with E-state index in [0.717, 1.165) is 0 Å². The number of halogens is 1. The van der Waals surface area contributed by atoms with Crippen molar-refractivity contribution in [2.24, 2.45) is 0 Å². The normalized spacial score (nSPS) is 9.95. The summed E-state index contributed by atoms with van der Waals surface area (Å²) >= 11 is 3.33. The Labute approximate surface area is 135 Å². The van der Waals surface area contributed by atoms with E-state index in [-0.39, 0.29) is 0 Å². The molecule has 0 aromatic heterocycles. The lowest BCUT2D eigenvalue weighted by Crippen LogP contribution is -2.04. The maximum Gasteiger partial charge on any atom is 0.341 e. The predicted molar refractivity (Wildman–Crippen MR) is 83.3 cm³/mol. The summed E-state index contributed by atoms with van der Waals surface area (Å²) in [5.41, 5.74) is 0.705. The molecule has 5 nitrogen and oxygen atoms in total. The summed E-state index contributed by atoms with van der Waals surface area (Å²) < 4.78 is 15.7. The van der Waals surface area contributed by atoms with Gasteiger partial charge < -0.3 is 14.2 Å². The molecular weight excluding hydrogens is 352 g/mol. The molecule has 0 fully saturated rings. The fourth-order valence-corrected chi connectivity index (χ4v) is 2.24. The molecule has 0 radical (unpaired) electrons. The van der Waals surface area contributed by atoms with Crippen molar-refractivity contribution < 1.29 is 23.8 Å². The third-order valence-electron chi connectivity index (χ3n) is 2.87. The molecule has 0 aliphatic carbocycles. The summed E-state index contributed by atoms with van der Waals surface area (Å²) in [6.07, 6.45) is 0. The molecule has 0 spiro atoms. The third-order valence-corrected chi connectivity index (χ3v) is 3.48. The molecular formula is C16H13BrO5. The Balaban J connectivity index is 2.32. The number of methoxy groups -OCH3 is 2. The summed E-state index contributed by atoms with van der Waals surface area (Å²) in [5, 5.41) is 0. The first kappa shape index (κ1) is 16.0. The zero-order valence-corrected chi connectivity index (χ0v) is 13.5. The molecule has 22 heavy (non-hydrogen) atoms. The highest BCUT2D eigenvalue weighted by molar-refractivity contribution is 9.10. The van der Waals surface area contributed by atoms with Crippen molar-refractivity contribution in [2.75, 3.05) is 14.2 Å². The summed E-state index contributed by atoms with van der Waals surface area (Å²) in [4.78, 5) is 23.2. The van der Waals surface area contributed by atoms with E-state index in [1.165, 1.54) is 14.2 Å². The average Bonchev–Trinajstić information content (AvgIpc) is 2.55. The zero-order chi connectivity index (χ0) is 16.1. The van der Waals surface area contributed by atoms with Gasteiger partial charge in [0.05, 0.1) is 24.3 Å². The molecule has 0 atom stereocenters. The summed E-state index contributed by atoms with van der Waals surface area (Å²) in [7, 11) is 2.62. The molecule has 0 saturated carbocycles. The van der Waals surface area contributed by atoms with E-state index in [9.17, 15) is 9.59 Å². The minimum absolute atomic E-state index is 0.314. The number of carbonyl (C=O) groups is 2. The van der Waals surface area contributed by atoms with Gasteiger partial charge in [0, 0.05) is 0 Å². The van der Waals surface area contributed by atoms with E-state index in [0.29, 0.717) is 27.1 Å². The van der Waals surface area contributed by atoms with Crippen molar-refractivity contribution in [1.82, 2.24) is 0 Å². The smallest absolute Gasteiger partial charge is 0.341 e. The van der Waals surface area contributed by atoms with Crippen LogP contribution in [0.15, 0.2) is 46.9 Å². The second-order valence-electron chi connectivity index (χ2n) is 4.23. The monoisotopic (exact) mass is 364 g/mol. The number of esters is 2. The molecule has 2 aromatic carbocycles. The molecule has 0 aliphatic heterocycles. The van der Waals surface area contributed by atoms with Crippen LogP contribution in [0.5, 0.6) is 11.5 Å². The third kappa shape index (κ3) is 3.46. The number of benzene rings is 2. The standard InChI is InChI=1S/C16H13BrO5/c1-20-15(18)10-7-8-14(12(17)9-10)22-13-6-4-3-5-11(13)16(19)21-2/h3-9H,1-2H3. The van der Waals surface area contributed by atoms with E-state index < -0.39 is 11.9 Å². The molecule has 2 aromatic rings. The highest BCUT2D eigenvalue weighted by atomic mass is 79.9. The van der Waals surface area contributed by atoms with Gasteiger partial charge in [-0.15, -0.1) is 0 Å². The van der Waals surface area contributed by atoms with E-state index in [1.54, 1.807) is 42.5 Å². The molecule has 0 N–H and O–H groups in total. The number of hydrogen-bond donors (Lipinski definition) is 0. The van der Waals surface area contributed by atoms with Crippen LogP contribution in [-0.4, -0.2) is 26.2 Å². The minimum atomic E-state index is -0.488. The molecule has 114 valence electrons. The van der Waals surface area contributed by atoms with Crippen molar-refractivity contribution in [1.29, 1.82) is 0 Å². The second kappa shape index (κ2) is 7.09. The van der Waals surface area contributed by atoms with Gasteiger partial charge in [-0.3, -0.25) is 0 Å². The van der Waals surface area contributed by atoms with Crippen LogP contribution in [-0.2, 0) is 9.47 Å². The second-order valence-corrected chi connectivity index (χ2v) is 5.08. The highest BCUT2D eigenvalue weighted by Gasteiger charge is 2.15. The van der Waals surface area contributed by atoms with Crippen LogP contribution < -0.4 is 4.74 Å². The van der Waals surface area contributed by atoms with Gasteiger partial charge in [-0.2, -0.15) is 0 Å². The van der Waals surface area contributed by atoms with Gasteiger partial charge in [0.15, 0.2) is 0 Å². The van der Waals surface area contributed by atoms with Crippen molar-refractivity contribution in [3.63, 3.8) is 0 Å². The van der Waals surface area contributed by atoms with Gasteiger partial charge in [0.1, 0.15) is 17.1 Å². The fourth-order valence-electron chi connectivity index (χ4n) is 1.78. The highest BCUT2D eigenvalue weighted by Crippen LogP contribution is 2.32. The molecule has 6 heteroatoms. The first-order valence-corrected chi connectivity index (χ1v) is 7.09. The maximum atomic E-state index is 11.7. The first-order valence-electron chi connectivity index (χ1n) is 6.30. The lowest BCUT2D eigenvalue weighted by Gasteiger charge is -2.11. The van der Waals surface area contributed by atoms with Crippen molar-refractivity contribution in [3.05, 3.63) is 58.1 Å². The number of hydrogen-bond acceptors (Lipinski definition) is 5. The Morgan fingerprint density at radius 3 is 2.23 bits per heavy atom. The van der Waals surface area contributed by atoms with Crippen molar-refractivity contribution in [2.45, 2.75) is 0 Å². The average molecular weight is 365 g/mol. The van der Waals surface area contributed by atoms with Crippen LogP contribution >= 0.6 is 15.9 Å². The minimum Gasteiger partial charge on any atom is -0.465 e. The summed E-state index contributed by atoms with van der Waals surface area (Å²) in [6.45, 7) is 0. The topological polar surface area (TPSA) is 61.8 Å². The van der Waals surface area contributed by atoms with Crippen LogP contribution in [0.25, 0.3) is 0 Å². The van der Waals surface area contributed by atoms with Crippen LogP contribution in [0, 0.1) is 0 Å². The Bertz CT molecular complexity index is 711. The summed E-state index contributed by atoms with van der Waals surface area (Å²) in [6, 6.07) is 11.5. The van der Waals surface area contributed by atoms with Crippen LogP contribution in [0.1, 0.15) is 20.7 Å². The lowest BCUT2D eigenvalue weighted by molar-refractivity contribution is 0.0590.